The van der Waals surface area contributed by atoms with Crippen LogP contribution >= 0.6 is 0 Å². The van der Waals surface area contributed by atoms with Crippen LogP contribution in [0.25, 0.3) is 0 Å². The molecule has 10 heteroatoms. The van der Waals surface area contributed by atoms with E-state index in [4.69, 9.17) is 23.7 Å². The average Bonchev–Trinajstić information content (AvgIpc) is 2.82. The molecule has 0 fully saturated rings. The van der Waals surface area contributed by atoms with E-state index in [1.807, 2.05) is 12.1 Å². The molecule has 0 aromatic heterocycles. The van der Waals surface area contributed by atoms with Crippen molar-refractivity contribution in [2.75, 3.05) is 42.1 Å². The van der Waals surface area contributed by atoms with Gasteiger partial charge in [0, 0.05) is 12.1 Å². The summed E-state index contributed by atoms with van der Waals surface area (Å²) in [4.78, 5) is 24.0. The third-order valence-corrected chi connectivity index (χ3v) is 4.59. The van der Waals surface area contributed by atoms with Gasteiger partial charge in [0.05, 0.1) is 41.8 Å². The predicted octanol–water partition coefficient (Wildman–Crippen LogP) is 1.93. The molecule has 10 nitrogen and oxygen atoms in total. The van der Waals surface area contributed by atoms with Crippen LogP contribution in [0.15, 0.2) is 35.4 Å². The molecule has 33 heavy (non-hydrogen) atoms. The lowest BCUT2D eigenvalue weighted by atomic mass is 10.1. The van der Waals surface area contributed by atoms with E-state index in [9.17, 15) is 9.59 Å². The second kappa shape index (κ2) is 12.8. The third-order valence-electron chi connectivity index (χ3n) is 4.59. The van der Waals surface area contributed by atoms with E-state index in [-0.39, 0.29) is 6.42 Å². The first-order valence-corrected chi connectivity index (χ1v) is 10.0. The fraction of sp³-hybridized carbons (Fsp3) is 0.348. The zero-order chi connectivity index (χ0) is 24.2. The summed E-state index contributed by atoms with van der Waals surface area (Å²) in [6.07, 6.45) is 1.64. The number of hydrazone groups is 1. The normalized spacial score (nSPS) is 10.5. The Kier molecular flexibility index (Phi) is 9.81. The predicted molar refractivity (Wildman–Crippen MR) is 123 cm³/mol. The van der Waals surface area contributed by atoms with Crippen molar-refractivity contribution >= 4 is 18.0 Å². The highest BCUT2D eigenvalue weighted by Crippen LogP contribution is 2.37. The second-order valence-corrected chi connectivity index (χ2v) is 6.72. The molecule has 0 unspecified atom stereocenters. The monoisotopic (exact) mass is 459 g/mol. The van der Waals surface area contributed by atoms with Gasteiger partial charge < -0.3 is 29.0 Å². The number of nitrogens with zero attached hydrogens (tertiary/aromatic N) is 1. The van der Waals surface area contributed by atoms with Crippen LogP contribution in [0.1, 0.15) is 17.5 Å². The van der Waals surface area contributed by atoms with Crippen molar-refractivity contribution in [3.8, 4) is 28.7 Å². The van der Waals surface area contributed by atoms with Crippen molar-refractivity contribution in [3.05, 3.63) is 41.5 Å². The van der Waals surface area contributed by atoms with Crippen LogP contribution in [0, 0.1) is 0 Å². The van der Waals surface area contributed by atoms with Gasteiger partial charge in [0.1, 0.15) is 6.42 Å². The summed E-state index contributed by atoms with van der Waals surface area (Å²) in [5, 5.41) is 6.59. The summed E-state index contributed by atoms with van der Waals surface area (Å²) in [6, 6.07) is 8.89. The fourth-order valence-electron chi connectivity index (χ4n) is 2.98. The van der Waals surface area contributed by atoms with Gasteiger partial charge >= 0.3 is 0 Å². The molecule has 0 spiro atoms. The molecule has 2 aromatic rings. The summed E-state index contributed by atoms with van der Waals surface area (Å²) in [5.74, 6) is 1.67. The summed E-state index contributed by atoms with van der Waals surface area (Å²) in [7, 11) is 7.64. The van der Waals surface area contributed by atoms with E-state index in [2.05, 4.69) is 15.8 Å². The Morgan fingerprint density at radius 1 is 0.818 bits per heavy atom. The Morgan fingerprint density at radius 2 is 1.45 bits per heavy atom. The van der Waals surface area contributed by atoms with E-state index in [0.717, 1.165) is 5.56 Å². The Balaban J connectivity index is 1.82. The maximum absolute atomic E-state index is 12.0. The number of methoxy groups -OCH3 is 5. The molecule has 0 atom stereocenters. The van der Waals surface area contributed by atoms with Crippen LogP contribution in [0.5, 0.6) is 28.7 Å². The molecule has 0 aliphatic heterocycles. The van der Waals surface area contributed by atoms with Crippen molar-refractivity contribution < 1.29 is 33.3 Å². The Labute approximate surface area is 192 Å². The number of benzene rings is 2. The molecule has 0 saturated heterocycles. The fourth-order valence-corrected chi connectivity index (χ4v) is 2.98. The van der Waals surface area contributed by atoms with Crippen molar-refractivity contribution in [3.63, 3.8) is 0 Å². The van der Waals surface area contributed by atoms with E-state index >= 15 is 0 Å². The van der Waals surface area contributed by atoms with Gasteiger partial charge in [0.25, 0.3) is 0 Å². The first-order chi connectivity index (χ1) is 15.9. The lowest BCUT2D eigenvalue weighted by Crippen LogP contribution is -2.31. The van der Waals surface area contributed by atoms with Gasteiger partial charge in [-0.15, -0.1) is 0 Å². The summed E-state index contributed by atoms with van der Waals surface area (Å²) >= 11 is 0. The minimum Gasteiger partial charge on any atom is -0.493 e. The number of hydrogen-bond acceptors (Lipinski definition) is 8. The largest absolute Gasteiger partial charge is 0.493 e. The molecule has 0 aliphatic rings. The van der Waals surface area contributed by atoms with Gasteiger partial charge in [-0.1, -0.05) is 6.07 Å². The highest BCUT2D eigenvalue weighted by molar-refractivity contribution is 5.97. The summed E-state index contributed by atoms with van der Waals surface area (Å²) in [5.41, 5.74) is 3.91. The number of carbonyl (C=O) groups is 2. The van der Waals surface area contributed by atoms with Crippen molar-refractivity contribution in [1.29, 1.82) is 0 Å². The van der Waals surface area contributed by atoms with Crippen LogP contribution in [0.2, 0.25) is 0 Å². The number of amides is 2. The molecule has 0 heterocycles. The molecule has 2 aromatic carbocycles. The number of carbonyl (C=O) groups excluding carboxylic acids is 2. The zero-order valence-electron chi connectivity index (χ0n) is 19.4. The van der Waals surface area contributed by atoms with E-state index in [0.29, 0.717) is 47.3 Å². The summed E-state index contributed by atoms with van der Waals surface area (Å²) in [6.45, 7) is 0.371. The third kappa shape index (κ3) is 7.30. The minimum absolute atomic E-state index is 0.349. The number of hydrogen-bond donors (Lipinski definition) is 2. The van der Waals surface area contributed by atoms with E-state index in [1.165, 1.54) is 27.5 Å². The van der Waals surface area contributed by atoms with Gasteiger partial charge in [0.15, 0.2) is 23.0 Å². The Bertz CT molecular complexity index is 967. The molecular weight excluding hydrogens is 430 g/mol. The molecule has 2 N–H and O–H groups in total. The van der Waals surface area contributed by atoms with Gasteiger partial charge in [0.2, 0.25) is 17.6 Å². The van der Waals surface area contributed by atoms with Gasteiger partial charge in [-0.05, 0) is 36.2 Å². The van der Waals surface area contributed by atoms with E-state index < -0.39 is 11.8 Å². The van der Waals surface area contributed by atoms with Crippen LogP contribution < -0.4 is 34.4 Å². The number of rotatable bonds is 12. The van der Waals surface area contributed by atoms with Crippen LogP contribution in [0.4, 0.5) is 0 Å². The molecule has 0 aliphatic carbocycles. The number of ether oxygens (including phenoxy) is 5. The molecule has 2 amide bonds. The van der Waals surface area contributed by atoms with Crippen molar-refractivity contribution in [1.82, 2.24) is 10.7 Å². The standard InChI is InChI=1S/C23H29N3O7/c1-29-17-7-6-15(10-18(17)30-2)8-9-24-21(27)13-22(28)26-25-14-16-11-19(31-3)23(33-5)20(12-16)32-4/h6-7,10-12,14H,8-9,13H2,1-5H3,(H,24,27)(H,26,28). The first kappa shape index (κ1) is 25.3. The molecule has 0 saturated carbocycles. The van der Waals surface area contributed by atoms with Crippen LogP contribution in [0.3, 0.4) is 0 Å². The lowest BCUT2D eigenvalue weighted by molar-refractivity contribution is -0.129. The quantitative estimate of drug-likeness (QED) is 0.283. The molecule has 178 valence electrons. The van der Waals surface area contributed by atoms with Gasteiger partial charge in [-0.2, -0.15) is 5.10 Å². The maximum atomic E-state index is 12.0. The number of nitrogens with one attached hydrogen (secondary N) is 2. The van der Waals surface area contributed by atoms with Gasteiger partial charge in [-0.3, -0.25) is 9.59 Å². The highest BCUT2D eigenvalue weighted by atomic mass is 16.5. The van der Waals surface area contributed by atoms with E-state index in [1.54, 1.807) is 32.4 Å². The lowest BCUT2D eigenvalue weighted by Gasteiger charge is -2.12. The highest BCUT2D eigenvalue weighted by Gasteiger charge is 2.13. The maximum Gasteiger partial charge on any atom is 0.249 e. The molecule has 0 radical (unpaired) electrons. The first-order valence-electron chi connectivity index (χ1n) is 10.0. The van der Waals surface area contributed by atoms with Crippen molar-refractivity contribution in [2.45, 2.75) is 12.8 Å². The van der Waals surface area contributed by atoms with Crippen LogP contribution in [-0.2, 0) is 16.0 Å². The van der Waals surface area contributed by atoms with Crippen LogP contribution in [-0.4, -0.2) is 60.1 Å². The Morgan fingerprint density at radius 3 is 2.03 bits per heavy atom. The smallest absolute Gasteiger partial charge is 0.249 e. The zero-order valence-corrected chi connectivity index (χ0v) is 19.4. The molecular formula is C23H29N3O7. The summed E-state index contributed by atoms with van der Waals surface area (Å²) < 4.78 is 26.3. The minimum atomic E-state index is -0.540. The molecule has 0 bridgehead atoms. The van der Waals surface area contributed by atoms with Gasteiger partial charge in [-0.25, -0.2) is 5.43 Å². The van der Waals surface area contributed by atoms with Crippen molar-refractivity contribution in [2.24, 2.45) is 5.10 Å². The topological polar surface area (TPSA) is 117 Å². The average molecular weight is 459 g/mol. The second-order valence-electron chi connectivity index (χ2n) is 6.72. The molecule has 2 rings (SSSR count). The SMILES string of the molecule is COc1ccc(CCNC(=O)CC(=O)NN=Cc2cc(OC)c(OC)c(OC)c2)cc1OC. The Hall–Kier alpha value is -3.95.